The van der Waals surface area contributed by atoms with E-state index in [1.54, 1.807) is 0 Å². The van der Waals surface area contributed by atoms with Crippen LogP contribution < -0.4 is 0 Å². The van der Waals surface area contributed by atoms with Crippen LogP contribution in [0.1, 0.15) is 93.9 Å². The van der Waals surface area contributed by atoms with E-state index < -0.39 is 24.0 Å². The lowest BCUT2D eigenvalue weighted by molar-refractivity contribution is -0.183. The van der Waals surface area contributed by atoms with Crippen LogP contribution in [0.5, 0.6) is 0 Å². The van der Waals surface area contributed by atoms with E-state index >= 15 is 0 Å². The molecular weight excluding hydrogens is 356 g/mol. The number of carboxylic acid groups (broad SMARTS) is 2. The molecule has 2 aliphatic heterocycles. The predicted molar refractivity (Wildman–Crippen MR) is 111 cm³/mol. The summed E-state index contributed by atoms with van der Waals surface area (Å²) in [5.74, 6) is -2.10. The van der Waals surface area contributed by atoms with Crippen LogP contribution >= 0.6 is 0 Å². The van der Waals surface area contributed by atoms with E-state index in [2.05, 4.69) is 55.4 Å². The highest BCUT2D eigenvalue weighted by molar-refractivity contribution is 5.85. The minimum atomic E-state index is -1.11. The highest BCUT2D eigenvalue weighted by Crippen LogP contribution is 2.45. The van der Waals surface area contributed by atoms with E-state index in [-0.39, 0.29) is 22.2 Å². The van der Waals surface area contributed by atoms with E-state index in [4.69, 9.17) is 0 Å². The Hall–Kier alpha value is -1.14. The van der Waals surface area contributed by atoms with Gasteiger partial charge in [-0.15, -0.1) is 0 Å². The monoisotopic (exact) mass is 396 g/mol. The highest BCUT2D eigenvalue weighted by Gasteiger charge is 2.57. The molecule has 0 amide bonds. The fourth-order valence-electron chi connectivity index (χ4n) is 6.31. The molecule has 0 aromatic rings. The zero-order valence-corrected chi connectivity index (χ0v) is 19.0. The summed E-state index contributed by atoms with van der Waals surface area (Å²) < 4.78 is 0. The molecule has 2 aliphatic rings. The summed E-state index contributed by atoms with van der Waals surface area (Å²) in [7, 11) is 0. The fraction of sp³-hybridized carbons (Fsp3) is 0.909. The lowest BCUT2D eigenvalue weighted by Gasteiger charge is -2.61. The van der Waals surface area contributed by atoms with Gasteiger partial charge in [0.1, 0.15) is 12.1 Å². The van der Waals surface area contributed by atoms with Crippen molar-refractivity contribution in [2.45, 2.75) is 128 Å². The van der Waals surface area contributed by atoms with Crippen LogP contribution in [0.4, 0.5) is 0 Å². The van der Waals surface area contributed by atoms with Gasteiger partial charge >= 0.3 is 11.9 Å². The lowest BCUT2D eigenvalue weighted by Crippen LogP contribution is -2.74. The Kier molecular flexibility index (Phi) is 6.02. The summed E-state index contributed by atoms with van der Waals surface area (Å²) in [6.07, 6.45) is 5.47. The Labute approximate surface area is 170 Å². The van der Waals surface area contributed by atoms with E-state index in [1.165, 1.54) is 0 Å². The summed E-state index contributed by atoms with van der Waals surface area (Å²) >= 11 is 0. The molecular formula is C22H40N2O4. The minimum Gasteiger partial charge on any atom is -0.480 e. The summed E-state index contributed by atoms with van der Waals surface area (Å²) in [5, 5.41) is 20.7. The number of hydrogen-bond acceptors (Lipinski definition) is 4. The molecule has 0 aromatic heterocycles. The second-order valence-electron chi connectivity index (χ2n) is 11.3. The Bertz CT molecular complexity index is 538. The highest BCUT2D eigenvalue weighted by atomic mass is 16.4. The number of piperidine rings is 2. The Balaban J connectivity index is 2.66. The molecule has 2 rings (SSSR count). The number of likely N-dealkylation sites (tertiary alicyclic amines) is 2. The number of carbonyl (C=O) groups is 2. The molecule has 0 aromatic carbocycles. The first kappa shape index (κ1) is 23.1. The molecule has 2 heterocycles. The number of aliphatic carboxylic acids is 2. The molecule has 2 fully saturated rings. The molecule has 0 spiro atoms. The van der Waals surface area contributed by atoms with E-state index in [1.807, 2.05) is 9.80 Å². The van der Waals surface area contributed by atoms with Crippen molar-refractivity contribution in [2.75, 3.05) is 0 Å². The van der Waals surface area contributed by atoms with Crippen LogP contribution in [0.2, 0.25) is 0 Å². The number of rotatable bonds is 5. The van der Waals surface area contributed by atoms with Gasteiger partial charge in [0.2, 0.25) is 0 Å². The van der Waals surface area contributed by atoms with Crippen LogP contribution in [-0.4, -0.2) is 66.2 Å². The van der Waals surface area contributed by atoms with Gasteiger partial charge in [-0.1, -0.05) is 0 Å². The van der Waals surface area contributed by atoms with E-state index in [0.29, 0.717) is 0 Å². The topological polar surface area (TPSA) is 81.1 Å². The van der Waals surface area contributed by atoms with Crippen molar-refractivity contribution in [2.24, 2.45) is 0 Å². The third kappa shape index (κ3) is 4.09. The first-order valence-corrected chi connectivity index (χ1v) is 10.6. The van der Waals surface area contributed by atoms with Crippen molar-refractivity contribution in [3.05, 3.63) is 0 Å². The Morgan fingerprint density at radius 1 is 0.607 bits per heavy atom. The van der Waals surface area contributed by atoms with Crippen molar-refractivity contribution in [1.82, 2.24) is 9.80 Å². The maximum absolute atomic E-state index is 12.7. The van der Waals surface area contributed by atoms with Crippen molar-refractivity contribution in [3.63, 3.8) is 0 Å². The Morgan fingerprint density at radius 3 is 1.00 bits per heavy atom. The molecule has 162 valence electrons. The summed E-state index contributed by atoms with van der Waals surface area (Å²) in [6, 6.07) is -2.22. The lowest BCUT2D eigenvalue weighted by atomic mass is 9.74. The summed E-state index contributed by atoms with van der Waals surface area (Å²) in [6.45, 7) is 16.4. The average molecular weight is 397 g/mol. The van der Waals surface area contributed by atoms with E-state index in [0.717, 1.165) is 38.5 Å². The third-order valence-corrected chi connectivity index (χ3v) is 7.12. The van der Waals surface area contributed by atoms with Gasteiger partial charge in [0, 0.05) is 22.2 Å². The van der Waals surface area contributed by atoms with Gasteiger partial charge in [0.15, 0.2) is 0 Å². The molecule has 2 saturated heterocycles. The van der Waals surface area contributed by atoms with Crippen LogP contribution in [-0.2, 0) is 9.59 Å². The second kappa shape index (κ2) is 7.28. The van der Waals surface area contributed by atoms with E-state index in [9.17, 15) is 19.8 Å². The third-order valence-electron chi connectivity index (χ3n) is 7.12. The van der Waals surface area contributed by atoms with Crippen molar-refractivity contribution < 1.29 is 19.8 Å². The minimum absolute atomic E-state index is 0.386. The SMILES string of the molecule is CC1(C)CCCC(C)(C)N1C(C(=O)O)C(C(=O)O)N1C(C)(C)CCCC1(C)C. The number of nitrogens with zero attached hydrogens (tertiary/aromatic N) is 2. The number of hydrogen-bond donors (Lipinski definition) is 2. The zero-order chi connectivity index (χ0) is 21.7. The second-order valence-corrected chi connectivity index (χ2v) is 11.3. The molecule has 0 bridgehead atoms. The summed E-state index contributed by atoms with van der Waals surface area (Å²) in [4.78, 5) is 29.3. The van der Waals surface area contributed by atoms with Crippen molar-refractivity contribution >= 4 is 11.9 Å². The molecule has 28 heavy (non-hydrogen) atoms. The molecule has 6 nitrogen and oxygen atoms in total. The van der Waals surface area contributed by atoms with Crippen molar-refractivity contribution in [1.29, 1.82) is 0 Å². The normalized spacial score (nSPS) is 29.0. The van der Waals surface area contributed by atoms with Gasteiger partial charge < -0.3 is 10.2 Å². The quantitative estimate of drug-likeness (QED) is 0.732. The molecule has 2 N–H and O–H groups in total. The van der Waals surface area contributed by atoms with Crippen LogP contribution in [0.25, 0.3) is 0 Å². The molecule has 0 radical (unpaired) electrons. The molecule has 2 atom stereocenters. The fourth-order valence-corrected chi connectivity index (χ4v) is 6.31. The zero-order valence-electron chi connectivity index (χ0n) is 19.0. The largest absolute Gasteiger partial charge is 0.480 e. The summed E-state index contributed by atoms with van der Waals surface area (Å²) in [5.41, 5.74) is -1.55. The van der Waals surface area contributed by atoms with Gasteiger partial charge in [-0.05, 0) is 93.9 Å². The Morgan fingerprint density at radius 2 is 0.821 bits per heavy atom. The first-order chi connectivity index (χ1) is 12.5. The first-order valence-electron chi connectivity index (χ1n) is 10.6. The smallest absolute Gasteiger partial charge is 0.323 e. The number of carboxylic acids is 2. The van der Waals surface area contributed by atoms with Gasteiger partial charge in [0.05, 0.1) is 0 Å². The molecule has 0 saturated carbocycles. The van der Waals surface area contributed by atoms with Gasteiger partial charge in [-0.3, -0.25) is 19.4 Å². The van der Waals surface area contributed by atoms with Crippen LogP contribution in [0, 0.1) is 0 Å². The molecule has 0 aliphatic carbocycles. The standard InChI is InChI=1S/C22H40N2O4/c1-19(2)11-9-12-20(3,4)23(19)15(17(25)26)16(18(27)28)24-21(5,6)13-10-14-22(24,7)8/h15-16H,9-14H2,1-8H3,(H,25,26)(H,27,28). The van der Waals surface area contributed by atoms with Crippen LogP contribution in [0.15, 0.2) is 0 Å². The van der Waals surface area contributed by atoms with Gasteiger partial charge in [0.25, 0.3) is 0 Å². The van der Waals surface area contributed by atoms with Gasteiger partial charge in [-0.25, -0.2) is 0 Å². The predicted octanol–water partition coefficient (Wildman–Crippen LogP) is 3.98. The van der Waals surface area contributed by atoms with Crippen molar-refractivity contribution in [3.8, 4) is 0 Å². The van der Waals surface area contributed by atoms with Crippen LogP contribution in [0.3, 0.4) is 0 Å². The van der Waals surface area contributed by atoms with Gasteiger partial charge in [-0.2, -0.15) is 0 Å². The molecule has 2 unspecified atom stereocenters. The average Bonchev–Trinajstić information content (AvgIpc) is 2.45. The maximum Gasteiger partial charge on any atom is 0.323 e. The molecule has 6 heteroatoms. The maximum atomic E-state index is 12.7.